The van der Waals surface area contributed by atoms with Crippen LogP contribution >= 0.6 is 15.9 Å². The quantitative estimate of drug-likeness (QED) is 0.714. The summed E-state index contributed by atoms with van der Waals surface area (Å²) in [6.45, 7) is 2.21. The minimum Gasteiger partial charge on any atom is -0.497 e. The van der Waals surface area contributed by atoms with Crippen molar-refractivity contribution in [2.45, 2.75) is 57.2 Å². The van der Waals surface area contributed by atoms with E-state index in [-0.39, 0.29) is 12.0 Å². The van der Waals surface area contributed by atoms with Gasteiger partial charge in [0.15, 0.2) is 0 Å². The lowest BCUT2D eigenvalue weighted by Crippen LogP contribution is -2.56. The predicted molar refractivity (Wildman–Crippen MR) is 95.5 cm³/mol. The fourth-order valence-electron chi connectivity index (χ4n) is 3.63. The fourth-order valence-corrected chi connectivity index (χ4v) is 4.44. The number of unbranched alkanes of at least 4 members (excludes halogenated alkanes) is 2. The first kappa shape index (κ1) is 16.8. The molecule has 1 saturated carbocycles. The van der Waals surface area contributed by atoms with E-state index in [4.69, 9.17) is 9.47 Å². The van der Waals surface area contributed by atoms with Crippen molar-refractivity contribution in [1.29, 1.82) is 0 Å². The Morgan fingerprint density at radius 3 is 2.61 bits per heavy atom. The summed E-state index contributed by atoms with van der Waals surface area (Å²) in [5, 5.41) is 11.0. The van der Waals surface area contributed by atoms with Crippen LogP contribution in [0.15, 0.2) is 28.7 Å². The van der Waals surface area contributed by atoms with E-state index in [0.717, 1.165) is 47.2 Å². The fraction of sp³-hybridized carbons (Fsp3) is 0.579. The van der Waals surface area contributed by atoms with Crippen LogP contribution in [0.1, 0.15) is 51.0 Å². The number of ether oxygens (including phenoxy) is 2. The van der Waals surface area contributed by atoms with E-state index < -0.39 is 5.60 Å². The molecule has 126 valence electrons. The lowest BCUT2D eigenvalue weighted by molar-refractivity contribution is -0.124. The van der Waals surface area contributed by atoms with Gasteiger partial charge in [-0.3, -0.25) is 0 Å². The second-order valence-corrected chi connectivity index (χ2v) is 7.39. The molecule has 1 aliphatic heterocycles. The van der Waals surface area contributed by atoms with Crippen molar-refractivity contribution in [3.63, 3.8) is 0 Å². The maximum absolute atomic E-state index is 11.0. The van der Waals surface area contributed by atoms with Gasteiger partial charge in [0.05, 0.1) is 11.6 Å². The smallest absolute Gasteiger partial charge is 0.140 e. The molecule has 4 heteroatoms. The van der Waals surface area contributed by atoms with Gasteiger partial charge >= 0.3 is 0 Å². The Balaban J connectivity index is 1.86. The number of methoxy groups -OCH3 is 1. The van der Waals surface area contributed by atoms with Crippen molar-refractivity contribution in [2.75, 3.05) is 7.11 Å². The SMILES string of the molecule is CCCCC[C@@H]1OC(c2ccc(OC)cc2)=C(Br)[C@]2(O)CC[C@H]12. The van der Waals surface area contributed by atoms with Crippen molar-refractivity contribution in [1.82, 2.24) is 0 Å². The highest BCUT2D eigenvalue weighted by Gasteiger charge is 2.55. The topological polar surface area (TPSA) is 38.7 Å². The lowest BCUT2D eigenvalue weighted by Gasteiger charge is -2.52. The van der Waals surface area contributed by atoms with Gasteiger partial charge in [0.25, 0.3) is 0 Å². The number of hydrogen-bond acceptors (Lipinski definition) is 3. The van der Waals surface area contributed by atoms with E-state index >= 15 is 0 Å². The van der Waals surface area contributed by atoms with Crippen LogP contribution < -0.4 is 4.74 Å². The second kappa shape index (κ2) is 6.86. The van der Waals surface area contributed by atoms with Gasteiger partial charge in [-0.05, 0) is 65.9 Å². The lowest BCUT2D eigenvalue weighted by atomic mass is 9.64. The molecular weight excluding hydrogens is 356 g/mol. The molecule has 0 spiro atoms. The highest BCUT2D eigenvalue weighted by Crippen LogP contribution is 2.55. The van der Waals surface area contributed by atoms with Crippen LogP contribution in [0.5, 0.6) is 5.75 Å². The van der Waals surface area contributed by atoms with E-state index in [1.165, 1.54) is 12.8 Å². The van der Waals surface area contributed by atoms with Gasteiger partial charge in [0.2, 0.25) is 0 Å². The molecule has 0 amide bonds. The van der Waals surface area contributed by atoms with E-state index in [9.17, 15) is 5.11 Å². The number of aliphatic hydroxyl groups is 1. The van der Waals surface area contributed by atoms with Crippen LogP contribution in [0, 0.1) is 5.92 Å². The second-order valence-electron chi connectivity index (χ2n) is 6.59. The standard InChI is InChI=1S/C19H25BrO3/c1-3-4-5-6-16-15-11-12-19(15,21)18(20)17(23-16)13-7-9-14(22-2)10-8-13/h7-10,15-16,21H,3-6,11-12H2,1-2H3/t15-,16+,19+/m1/s1. The van der Waals surface area contributed by atoms with Crippen molar-refractivity contribution < 1.29 is 14.6 Å². The largest absolute Gasteiger partial charge is 0.497 e. The number of fused-ring (bicyclic) bond motifs is 1. The molecular formula is C19H25BrO3. The molecule has 3 rings (SSSR count). The maximum atomic E-state index is 11.0. The Hall–Kier alpha value is -1.00. The molecule has 1 heterocycles. The monoisotopic (exact) mass is 380 g/mol. The Morgan fingerprint density at radius 2 is 2.04 bits per heavy atom. The third-order valence-corrected chi connectivity index (χ3v) is 6.24. The Bertz CT molecular complexity index is 581. The summed E-state index contributed by atoms with van der Waals surface area (Å²) in [5.74, 6) is 1.82. The summed E-state index contributed by atoms with van der Waals surface area (Å²) in [7, 11) is 1.66. The third-order valence-electron chi connectivity index (χ3n) is 5.19. The van der Waals surface area contributed by atoms with Crippen molar-refractivity contribution in [3.8, 4) is 5.75 Å². The Kier molecular flexibility index (Phi) is 5.02. The summed E-state index contributed by atoms with van der Waals surface area (Å²) < 4.78 is 12.4. The molecule has 0 bridgehead atoms. The molecule has 3 nitrogen and oxygen atoms in total. The first-order valence-electron chi connectivity index (χ1n) is 8.54. The maximum Gasteiger partial charge on any atom is 0.140 e. The van der Waals surface area contributed by atoms with Gasteiger partial charge in [0.1, 0.15) is 23.2 Å². The average Bonchev–Trinajstić information content (AvgIpc) is 2.56. The number of halogens is 1. The normalized spacial score (nSPS) is 29.6. The molecule has 1 aromatic rings. The Labute approximate surface area is 146 Å². The Morgan fingerprint density at radius 1 is 1.30 bits per heavy atom. The number of rotatable bonds is 6. The predicted octanol–water partition coefficient (Wildman–Crippen LogP) is 4.88. The van der Waals surface area contributed by atoms with E-state index in [1.807, 2.05) is 24.3 Å². The molecule has 0 aromatic heterocycles. The number of benzene rings is 1. The minimum absolute atomic E-state index is 0.110. The highest BCUT2D eigenvalue weighted by atomic mass is 79.9. The van der Waals surface area contributed by atoms with Gasteiger partial charge < -0.3 is 14.6 Å². The van der Waals surface area contributed by atoms with E-state index in [1.54, 1.807) is 7.11 Å². The molecule has 1 aliphatic carbocycles. The van der Waals surface area contributed by atoms with E-state index in [2.05, 4.69) is 22.9 Å². The van der Waals surface area contributed by atoms with Gasteiger partial charge in [0, 0.05) is 11.5 Å². The molecule has 0 saturated heterocycles. The summed E-state index contributed by atoms with van der Waals surface area (Å²) >= 11 is 3.62. The van der Waals surface area contributed by atoms with Crippen molar-refractivity contribution in [3.05, 3.63) is 34.3 Å². The minimum atomic E-state index is -0.746. The zero-order valence-electron chi connectivity index (χ0n) is 13.8. The average molecular weight is 381 g/mol. The first-order chi connectivity index (χ1) is 11.1. The van der Waals surface area contributed by atoms with Gasteiger partial charge in [-0.2, -0.15) is 0 Å². The highest BCUT2D eigenvalue weighted by molar-refractivity contribution is 9.12. The van der Waals surface area contributed by atoms with Crippen LogP contribution in [0.25, 0.3) is 5.76 Å². The van der Waals surface area contributed by atoms with Crippen LogP contribution in [0.4, 0.5) is 0 Å². The van der Waals surface area contributed by atoms with Crippen LogP contribution in [-0.4, -0.2) is 23.9 Å². The van der Waals surface area contributed by atoms with Crippen LogP contribution in [0.2, 0.25) is 0 Å². The van der Waals surface area contributed by atoms with Gasteiger partial charge in [-0.1, -0.05) is 19.8 Å². The molecule has 1 aromatic carbocycles. The van der Waals surface area contributed by atoms with Crippen molar-refractivity contribution in [2.24, 2.45) is 5.92 Å². The molecule has 0 unspecified atom stereocenters. The molecule has 1 fully saturated rings. The molecule has 3 atom stereocenters. The van der Waals surface area contributed by atoms with E-state index in [0.29, 0.717) is 0 Å². The third kappa shape index (κ3) is 3.03. The van der Waals surface area contributed by atoms with Gasteiger partial charge in [-0.25, -0.2) is 0 Å². The molecule has 1 N–H and O–H groups in total. The van der Waals surface area contributed by atoms with Crippen LogP contribution in [-0.2, 0) is 4.74 Å². The number of hydrogen-bond donors (Lipinski definition) is 1. The zero-order chi connectivity index (χ0) is 16.4. The summed E-state index contributed by atoms with van der Waals surface area (Å²) in [5.41, 5.74) is 0.238. The van der Waals surface area contributed by atoms with Gasteiger partial charge in [-0.15, -0.1) is 0 Å². The molecule has 2 aliphatic rings. The van der Waals surface area contributed by atoms with Crippen LogP contribution in [0.3, 0.4) is 0 Å². The van der Waals surface area contributed by atoms with Crippen molar-refractivity contribution >= 4 is 21.7 Å². The summed E-state index contributed by atoms with van der Waals surface area (Å²) in [4.78, 5) is 0. The molecule has 23 heavy (non-hydrogen) atoms. The first-order valence-corrected chi connectivity index (χ1v) is 9.33. The molecule has 0 radical (unpaired) electrons. The summed E-state index contributed by atoms with van der Waals surface area (Å²) in [6, 6.07) is 7.83. The summed E-state index contributed by atoms with van der Waals surface area (Å²) in [6.07, 6.45) is 6.55. The zero-order valence-corrected chi connectivity index (χ0v) is 15.4.